The second kappa shape index (κ2) is 14.6. The van der Waals surface area contributed by atoms with Crippen molar-refractivity contribution >= 4 is 48.7 Å². The number of para-hydroxylation sites is 2. The van der Waals surface area contributed by atoms with Gasteiger partial charge in [0, 0.05) is 25.8 Å². The van der Waals surface area contributed by atoms with Crippen LogP contribution >= 0.6 is 0 Å². The van der Waals surface area contributed by atoms with Crippen LogP contribution in [-0.2, 0) is 24.8 Å². The van der Waals surface area contributed by atoms with Crippen LogP contribution in [0.1, 0.15) is 19.4 Å². The maximum absolute atomic E-state index is 13.6. The Balaban J connectivity index is 1.47. The van der Waals surface area contributed by atoms with Crippen molar-refractivity contribution in [2.75, 3.05) is 53.1 Å². The lowest BCUT2D eigenvalue weighted by molar-refractivity contribution is -0.118. The number of rotatable bonds is 14. The van der Waals surface area contributed by atoms with Gasteiger partial charge in [0.05, 0.1) is 29.1 Å². The molecule has 4 aromatic carbocycles. The molecule has 4 aromatic rings. The quantitative estimate of drug-likeness (QED) is 0.180. The van der Waals surface area contributed by atoms with Gasteiger partial charge < -0.3 is 19.7 Å². The first kappa shape index (κ1) is 34.1. The van der Waals surface area contributed by atoms with Gasteiger partial charge in [-0.05, 0) is 87.5 Å². The summed E-state index contributed by atoms with van der Waals surface area (Å²) in [6, 6.07) is 24.3. The molecule has 0 aliphatic heterocycles. The lowest BCUT2D eigenvalue weighted by Crippen LogP contribution is -2.26. The Morgan fingerprint density at radius 3 is 2.13 bits per heavy atom. The van der Waals surface area contributed by atoms with Crippen LogP contribution in [0.15, 0.2) is 101 Å². The van der Waals surface area contributed by atoms with Crippen molar-refractivity contribution in [3.63, 3.8) is 0 Å². The van der Waals surface area contributed by atoms with Gasteiger partial charge in [-0.1, -0.05) is 29.8 Å². The van der Waals surface area contributed by atoms with Crippen molar-refractivity contribution in [2.45, 2.75) is 30.6 Å². The summed E-state index contributed by atoms with van der Waals surface area (Å²) in [5.74, 6) is 0.200. The molecule has 0 heterocycles. The Morgan fingerprint density at radius 1 is 0.848 bits per heavy atom. The summed E-state index contributed by atoms with van der Waals surface area (Å²) in [4.78, 5) is 14.9. The van der Waals surface area contributed by atoms with Crippen molar-refractivity contribution in [1.29, 1.82) is 0 Å². The number of methoxy groups -OCH3 is 1. The molecule has 0 saturated carbocycles. The van der Waals surface area contributed by atoms with Gasteiger partial charge in [0.25, 0.3) is 26.0 Å². The summed E-state index contributed by atoms with van der Waals surface area (Å²) >= 11 is 0. The Labute approximate surface area is 270 Å². The highest BCUT2D eigenvalue weighted by molar-refractivity contribution is 7.93. The van der Waals surface area contributed by atoms with Crippen LogP contribution in [-0.4, -0.2) is 56.6 Å². The van der Waals surface area contributed by atoms with Crippen LogP contribution in [0, 0.1) is 6.92 Å². The van der Waals surface area contributed by atoms with Gasteiger partial charge in [-0.15, -0.1) is 0 Å². The van der Waals surface area contributed by atoms with Gasteiger partial charge in [0.15, 0.2) is 6.61 Å². The summed E-state index contributed by atoms with van der Waals surface area (Å²) in [6.45, 7) is 6.50. The van der Waals surface area contributed by atoms with E-state index in [9.17, 15) is 21.6 Å². The van der Waals surface area contributed by atoms with Crippen LogP contribution in [0.5, 0.6) is 11.5 Å². The van der Waals surface area contributed by atoms with Gasteiger partial charge >= 0.3 is 0 Å². The number of hydrogen-bond donors (Lipinski definition) is 2. The smallest absolute Gasteiger partial charge is 0.264 e. The predicted octanol–water partition coefficient (Wildman–Crippen LogP) is 5.49. The van der Waals surface area contributed by atoms with Crippen LogP contribution in [0.25, 0.3) is 0 Å². The van der Waals surface area contributed by atoms with E-state index in [0.717, 1.165) is 5.56 Å². The molecule has 0 spiro atoms. The average Bonchev–Trinajstić information content (AvgIpc) is 3.05. The van der Waals surface area contributed by atoms with Crippen molar-refractivity contribution in [1.82, 2.24) is 0 Å². The second-order valence-electron chi connectivity index (χ2n) is 10.3. The molecule has 4 rings (SSSR count). The highest BCUT2D eigenvalue weighted by Crippen LogP contribution is 2.33. The van der Waals surface area contributed by atoms with Gasteiger partial charge in [0.1, 0.15) is 16.4 Å². The van der Waals surface area contributed by atoms with Gasteiger partial charge in [0.2, 0.25) is 0 Å². The number of anilines is 4. The number of nitrogens with zero attached hydrogens (tertiary/aromatic N) is 2. The zero-order valence-electron chi connectivity index (χ0n) is 26.4. The van der Waals surface area contributed by atoms with Crippen molar-refractivity contribution in [2.24, 2.45) is 0 Å². The zero-order chi connectivity index (χ0) is 33.5. The monoisotopic (exact) mass is 666 g/mol. The molecule has 0 aliphatic rings. The first-order chi connectivity index (χ1) is 21.9. The lowest BCUT2D eigenvalue weighted by atomic mass is 10.2. The van der Waals surface area contributed by atoms with Gasteiger partial charge in [-0.25, -0.2) is 16.8 Å². The summed E-state index contributed by atoms with van der Waals surface area (Å²) in [6.07, 6.45) is 0. The molecule has 2 N–H and O–H groups in total. The lowest BCUT2D eigenvalue weighted by Gasteiger charge is -2.25. The minimum absolute atomic E-state index is 0.0128. The van der Waals surface area contributed by atoms with Crippen molar-refractivity contribution in [3.8, 4) is 11.5 Å². The Morgan fingerprint density at radius 2 is 1.50 bits per heavy atom. The van der Waals surface area contributed by atoms with Crippen LogP contribution in [0.2, 0.25) is 0 Å². The molecule has 0 aromatic heterocycles. The van der Waals surface area contributed by atoms with Crippen LogP contribution < -0.4 is 28.7 Å². The summed E-state index contributed by atoms with van der Waals surface area (Å²) < 4.78 is 68.0. The minimum atomic E-state index is -4.10. The standard InChI is InChI=1S/C33H38N4O7S2/c1-6-37(7-2)30-21-14-25(22-32(30)45(39,40)35-29-10-8-9-11-31(29)43-5)34-33(38)23-44-27-17-15-26(16-18-27)36(4)46(41,42)28-19-12-24(3)13-20-28/h8-22,35H,6-7,23H2,1-5H3,(H,34,38). The molecule has 1 amide bonds. The van der Waals surface area contributed by atoms with E-state index in [0.29, 0.717) is 36.0 Å². The molecule has 0 atom stereocenters. The van der Waals surface area contributed by atoms with Crippen LogP contribution in [0.3, 0.4) is 0 Å². The Hall–Kier alpha value is -4.75. The predicted molar refractivity (Wildman–Crippen MR) is 181 cm³/mol. The number of carbonyl (C=O) groups excluding carboxylic acids is 1. The Bertz CT molecular complexity index is 1880. The molecule has 11 nitrogen and oxygen atoms in total. The van der Waals surface area contributed by atoms with Crippen LogP contribution in [0.4, 0.5) is 22.7 Å². The number of aryl methyl sites for hydroxylation is 1. The third-order valence-corrected chi connectivity index (χ3v) is 10.4. The molecule has 46 heavy (non-hydrogen) atoms. The topological polar surface area (TPSA) is 134 Å². The van der Waals surface area contributed by atoms with Gasteiger partial charge in [-0.2, -0.15) is 0 Å². The van der Waals surface area contributed by atoms with E-state index in [1.165, 1.54) is 24.5 Å². The molecule has 0 unspecified atom stereocenters. The molecule has 0 aliphatic carbocycles. The van der Waals surface area contributed by atoms with E-state index in [4.69, 9.17) is 9.47 Å². The number of benzene rings is 4. The van der Waals surface area contributed by atoms with E-state index in [1.807, 2.05) is 25.7 Å². The third-order valence-electron chi connectivity index (χ3n) is 7.24. The fourth-order valence-corrected chi connectivity index (χ4v) is 7.18. The molecule has 13 heteroatoms. The fourth-order valence-electron chi connectivity index (χ4n) is 4.67. The number of hydrogen-bond acceptors (Lipinski definition) is 8. The largest absolute Gasteiger partial charge is 0.495 e. The first-order valence-electron chi connectivity index (χ1n) is 14.5. The fraction of sp³-hybridized carbons (Fsp3) is 0.242. The molecule has 0 fully saturated rings. The number of nitrogens with one attached hydrogen (secondary N) is 2. The highest BCUT2D eigenvalue weighted by atomic mass is 32.2. The maximum Gasteiger partial charge on any atom is 0.264 e. The normalized spacial score (nSPS) is 11.4. The first-order valence-corrected chi connectivity index (χ1v) is 17.4. The SMILES string of the molecule is CCN(CC)c1ccc(NC(=O)COc2ccc(N(C)S(=O)(=O)c3ccc(C)cc3)cc2)cc1S(=O)(=O)Nc1ccccc1OC. The maximum atomic E-state index is 13.6. The van der Waals surface area contributed by atoms with Crippen molar-refractivity contribution < 1.29 is 31.1 Å². The highest BCUT2D eigenvalue weighted by Gasteiger charge is 2.24. The van der Waals surface area contributed by atoms with Crippen molar-refractivity contribution in [3.05, 3.63) is 96.6 Å². The van der Waals surface area contributed by atoms with E-state index in [1.54, 1.807) is 84.9 Å². The summed E-state index contributed by atoms with van der Waals surface area (Å²) in [5, 5.41) is 2.70. The summed E-state index contributed by atoms with van der Waals surface area (Å²) in [7, 11) is -4.94. The van der Waals surface area contributed by atoms with E-state index in [-0.39, 0.29) is 27.8 Å². The second-order valence-corrected chi connectivity index (χ2v) is 13.9. The van der Waals surface area contributed by atoms with E-state index >= 15 is 0 Å². The third kappa shape index (κ3) is 7.90. The minimum Gasteiger partial charge on any atom is -0.495 e. The number of ether oxygens (including phenoxy) is 2. The average molecular weight is 667 g/mol. The molecule has 0 radical (unpaired) electrons. The summed E-state index contributed by atoms with van der Waals surface area (Å²) in [5.41, 5.74) is 2.40. The number of sulfonamides is 2. The Kier molecular flexibility index (Phi) is 10.8. The molecular weight excluding hydrogens is 629 g/mol. The van der Waals surface area contributed by atoms with E-state index < -0.39 is 26.0 Å². The van der Waals surface area contributed by atoms with E-state index in [2.05, 4.69) is 10.0 Å². The number of carbonyl (C=O) groups is 1. The zero-order valence-corrected chi connectivity index (χ0v) is 28.0. The molecule has 0 saturated heterocycles. The molecule has 244 valence electrons. The van der Waals surface area contributed by atoms with Gasteiger partial charge in [-0.3, -0.25) is 13.8 Å². The number of amides is 1. The molecular formula is C33H38N4O7S2. The molecule has 0 bridgehead atoms.